The lowest BCUT2D eigenvalue weighted by Gasteiger charge is -2.09. The molecule has 0 aromatic rings. The third-order valence-electron chi connectivity index (χ3n) is 1.23. The number of rotatable bonds is 3. The molecule has 0 aliphatic carbocycles. The van der Waals surface area contributed by atoms with Gasteiger partial charge < -0.3 is 5.32 Å². The van der Waals surface area contributed by atoms with E-state index in [4.69, 9.17) is 0 Å². The second-order valence-corrected chi connectivity index (χ2v) is 2.81. The first kappa shape index (κ1) is 11.3. The van der Waals surface area contributed by atoms with E-state index in [1.165, 1.54) is 0 Å². The van der Waals surface area contributed by atoms with E-state index < -0.39 is 12.6 Å². The van der Waals surface area contributed by atoms with Crippen LogP contribution >= 0.6 is 0 Å². The van der Waals surface area contributed by atoms with Crippen molar-refractivity contribution in [2.24, 2.45) is 5.92 Å². The Morgan fingerprint density at radius 2 is 1.92 bits per heavy atom. The molecule has 72 valence electrons. The van der Waals surface area contributed by atoms with Crippen LogP contribution in [0.2, 0.25) is 0 Å². The third-order valence-corrected chi connectivity index (χ3v) is 1.23. The van der Waals surface area contributed by atoms with Crippen LogP contribution in [-0.2, 0) is 4.79 Å². The molecule has 0 saturated carbocycles. The number of halogens is 3. The van der Waals surface area contributed by atoms with Gasteiger partial charge in [0.05, 0.1) is 6.42 Å². The molecular formula is C7H12F3NO. The van der Waals surface area contributed by atoms with E-state index >= 15 is 0 Å². The zero-order valence-electron chi connectivity index (χ0n) is 7.03. The molecule has 2 nitrogen and oxygen atoms in total. The van der Waals surface area contributed by atoms with Gasteiger partial charge in [-0.3, -0.25) is 4.79 Å². The second kappa shape index (κ2) is 4.33. The summed E-state index contributed by atoms with van der Waals surface area (Å²) in [6.07, 6.45) is -5.16. The summed E-state index contributed by atoms with van der Waals surface area (Å²) in [5.74, 6) is -0.613. The third kappa shape index (κ3) is 6.00. The van der Waals surface area contributed by atoms with Gasteiger partial charge in [-0.05, 0) is 0 Å². The Bertz CT molecular complexity index is 153. The number of amides is 1. The average Bonchev–Trinajstić information content (AvgIpc) is 1.84. The number of alkyl halides is 3. The standard InChI is InChI=1S/C7H12F3NO/c1-5(2)6(12)11-4-3-7(8,9)10/h5H,3-4H2,1-2H3,(H,11,12). The zero-order valence-corrected chi connectivity index (χ0v) is 7.03. The van der Waals surface area contributed by atoms with E-state index in [1.54, 1.807) is 13.8 Å². The van der Waals surface area contributed by atoms with Crippen LogP contribution in [0, 0.1) is 5.92 Å². The normalized spacial score (nSPS) is 11.8. The molecule has 0 bridgehead atoms. The van der Waals surface area contributed by atoms with E-state index in [0.29, 0.717) is 0 Å². The summed E-state index contributed by atoms with van der Waals surface area (Å²) < 4.78 is 34.7. The Kier molecular flexibility index (Phi) is 4.06. The van der Waals surface area contributed by atoms with Gasteiger partial charge in [0.1, 0.15) is 0 Å². The fourth-order valence-electron chi connectivity index (χ4n) is 0.532. The lowest BCUT2D eigenvalue weighted by Crippen LogP contribution is -2.31. The van der Waals surface area contributed by atoms with Gasteiger partial charge in [0.2, 0.25) is 5.91 Å². The zero-order chi connectivity index (χ0) is 9.78. The second-order valence-electron chi connectivity index (χ2n) is 2.81. The summed E-state index contributed by atoms with van der Waals surface area (Å²) in [4.78, 5) is 10.8. The highest BCUT2D eigenvalue weighted by Gasteiger charge is 2.26. The van der Waals surface area contributed by atoms with Crippen molar-refractivity contribution in [3.63, 3.8) is 0 Å². The first-order valence-electron chi connectivity index (χ1n) is 3.67. The molecule has 5 heteroatoms. The van der Waals surface area contributed by atoms with E-state index in [2.05, 4.69) is 5.32 Å². The van der Waals surface area contributed by atoms with Crippen LogP contribution in [0.15, 0.2) is 0 Å². The van der Waals surface area contributed by atoms with Crippen molar-refractivity contribution in [2.45, 2.75) is 26.4 Å². The summed E-state index contributed by atoms with van der Waals surface area (Å²) in [5.41, 5.74) is 0. The summed E-state index contributed by atoms with van der Waals surface area (Å²) in [6, 6.07) is 0. The molecule has 1 amide bonds. The molecule has 0 aliphatic rings. The summed E-state index contributed by atoms with van der Waals surface area (Å²) in [5, 5.41) is 2.18. The first-order valence-corrected chi connectivity index (χ1v) is 3.67. The summed E-state index contributed by atoms with van der Waals surface area (Å²) >= 11 is 0. The van der Waals surface area contributed by atoms with E-state index in [-0.39, 0.29) is 18.4 Å². The van der Waals surface area contributed by atoms with Crippen LogP contribution in [-0.4, -0.2) is 18.6 Å². The van der Waals surface area contributed by atoms with Crippen LogP contribution in [0.4, 0.5) is 13.2 Å². The lowest BCUT2D eigenvalue weighted by molar-refractivity contribution is -0.136. The Hall–Kier alpha value is -0.740. The SMILES string of the molecule is CC(C)C(=O)NCCC(F)(F)F. The minimum Gasteiger partial charge on any atom is -0.356 e. The molecule has 0 heterocycles. The molecule has 0 aliphatic heterocycles. The van der Waals surface area contributed by atoms with Crippen molar-refractivity contribution in [3.05, 3.63) is 0 Å². The van der Waals surface area contributed by atoms with Crippen molar-refractivity contribution in [3.8, 4) is 0 Å². The van der Waals surface area contributed by atoms with Crippen molar-refractivity contribution < 1.29 is 18.0 Å². The molecule has 0 radical (unpaired) electrons. The van der Waals surface area contributed by atoms with Gasteiger partial charge in [-0.25, -0.2) is 0 Å². The van der Waals surface area contributed by atoms with Gasteiger partial charge in [0.15, 0.2) is 0 Å². The maximum Gasteiger partial charge on any atom is 0.390 e. The molecule has 0 rings (SSSR count). The highest BCUT2D eigenvalue weighted by molar-refractivity contribution is 5.77. The molecule has 0 unspecified atom stereocenters. The molecule has 0 saturated heterocycles. The Morgan fingerprint density at radius 3 is 2.25 bits per heavy atom. The number of hydrogen-bond acceptors (Lipinski definition) is 1. The van der Waals surface area contributed by atoms with Crippen molar-refractivity contribution in [2.75, 3.05) is 6.54 Å². The lowest BCUT2D eigenvalue weighted by atomic mass is 10.2. The van der Waals surface area contributed by atoms with Gasteiger partial charge in [0.25, 0.3) is 0 Å². The van der Waals surface area contributed by atoms with Gasteiger partial charge in [-0.2, -0.15) is 13.2 Å². The largest absolute Gasteiger partial charge is 0.390 e. The maximum atomic E-state index is 11.6. The fourth-order valence-corrected chi connectivity index (χ4v) is 0.532. The number of hydrogen-bond donors (Lipinski definition) is 1. The van der Waals surface area contributed by atoms with Crippen LogP contribution in [0.3, 0.4) is 0 Å². The number of nitrogens with one attached hydrogen (secondary N) is 1. The van der Waals surface area contributed by atoms with Gasteiger partial charge in [-0.1, -0.05) is 13.8 Å². The van der Waals surface area contributed by atoms with E-state index in [0.717, 1.165) is 0 Å². The smallest absolute Gasteiger partial charge is 0.356 e. The van der Waals surface area contributed by atoms with Crippen LogP contribution < -0.4 is 5.32 Å². The highest BCUT2D eigenvalue weighted by atomic mass is 19.4. The Labute approximate surface area is 69.1 Å². The number of carbonyl (C=O) groups excluding carboxylic acids is 1. The van der Waals surface area contributed by atoms with Crippen molar-refractivity contribution in [1.29, 1.82) is 0 Å². The predicted molar refractivity (Wildman–Crippen MR) is 38.5 cm³/mol. The first-order chi connectivity index (χ1) is 5.33. The molecule has 0 aromatic carbocycles. The number of carbonyl (C=O) groups is 1. The Morgan fingerprint density at radius 1 is 1.42 bits per heavy atom. The van der Waals surface area contributed by atoms with Crippen LogP contribution in [0.25, 0.3) is 0 Å². The monoisotopic (exact) mass is 183 g/mol. The quantitative estimate of drug-likeness (QED) is 0.709. The molecule has 12 heavy (non-hydrogen) atoms. The summed E-state index contributed by atoms with van der Waals surface area (Å²) in [6.45, 7) is 2.92. The van der Waals surface area contributed by atoms with Crippen LogP contribution in [0.5, 0.6) is 0 Å². The van der Waals surface area contributed by atoms with E-state index in [9.17, 15) is 18.0 Å². The van der Waals surface area contributed by atoms with Gasteiger partial charge in [-0.15, -0.1) is 0 Å². The fraction of sp³-hybridized carbons (Fsp3) is 0.857. The molecular weight excluding hydrogens is 171 g/mol. The predicted octanol–water partition coefficient (Wildman–Crippen LogP) is 1.71. The maximum absolute atomic E-state index is 11.6. The molecule has 0 spiro atoms. The highest BCUT2D eigenvalue weighted by Crippen LogP contribution is 2.18. The minimum atomic E-state index is -4.19. The molecule has 0 fully saturated rings. The molecule has 1 N–H and O–H groups in total. The van der Waals surface area contributed by atoms with E-state index in [1.807, 2.05) is 0 Å². The van der Waals surface area contributed by atoms with Gasteiger partial charge in [0, 0.05) is 12.5 Å². The molecule has 0 atom stereocenters. The minimum absolute atomic E-state index is 0.266. The average molecular weight is 183 g/mol. The van der Waals surface area contributed by atoms with Gasteiger partial charge >= 0.3 is 6.18 Å². The van der Waals surface area contributed by atoms with Crippen molar-refractivity contribution in [1.82, 2.24) is 5.32 Å². The Balaban J connectivity index is 3.51. The van der Waals surface area contributed by atoms with Crippen LogP contribution in [0.1, 0.15) is 20.3 Å². The summed E-state index contributed by atoms with van der Waals surface area (Å²) in [7, 11) is 0. The molecule has 0 aromatic heterocycles. The van der Waals surface area contributed by atoms with Crippen molar-refractivity contribution >= 4 is 5.91 Å². The topological polar surface area (TPSA) is 29.1 Å².